The molecule has 1 aromatic carbocycles. The largest absolute Gasteiger partial charge is 0.468 e. The second kappa shape index (κ2) is 4.64. The molecule has 4 heteroatoms. The van der Waals surface area contributed by atoms with Crippen molar-refractivity contribution in [2.24, 2.45) is 0 Å². The zero-order valence-electron chi connectivity index (χ0n) is 7.94. The Balaban J connectivity index is 2.07. The number of nitrogen functional groups attached to an aromatic ring is 1. The summed E-state index contributed by atoms with van der Waals surface area (Å²) in [6.45, 7) is 0. The van der Waals surface area contributed by atoms with E-state index in [9.17, 15) is 0 Å². The molecular formula is C11H10ClNOS. The van der Waals surface area contributed by atoms with Crippen LogP contribution in [-0.2, 0) is 5.75 Å². The van der Waals surface area contributed by atoms with Crippen LogP contribution in [0.15, 0.2) is 45.9 Å². The van der Waals surface area contributed by atoms with E-state index in [1.165, 1.54) is 0 Å². The summed E-state index contributed by atoms with van der Waals surface area (Å²) in [4.78, 5) is 0.980. The lowest BCUT2D eigenvalue weighted by molar-refractivity contribution is 0.530. The maximum Gasteiger partial charge on any atom is 0.113 e. The molecule has 0 bridgehead atoms. The molecule has 2 rings (SSSR count). The van der Waals surface area contributed by atoms with Gasteiger partial charge in [-0.15, -0.1) is 11.8 Å². The van der Waals surface area contributed by atoms with Crippen LogP contribution in [-0.4, -0.2) is 0 Å². The monoisotopic (exact) mass is 239 g/mol. The predicted molar refractivity (Wildman–Crippen MR) is 64.1 cm³/mol. The number of benzene rings is 1. The van der Waals surface area contributed by atoms with Gasteiger partial charge in [0.05, 0.1) is 17.0 Å². The molecule has 1 heterocycles. The fraction of sp³-hybridized carbons (Fsp3) is 0.0909. The van der Waals surface area contributed by atoms with Gasteiger partial charge in [-0.1, -0.05) is 11.6 Å². The number of halogens is 1. The van der Waals surface area contributed by atoms with Gasteiger partial charge in [0.2, 0.25) is 0 Å². The van der Waals surface area contributed by atoms with Crippen molar-refractivity contribution in [3.05, 3.63) is 47.4 Å². The first kappa shape index (κ1) is 10.5. The van der Waals surface area contributed by atoms with Crippen molar-refractivity contribution in [2.75, 3.05) is 5.73 Å². The van der Waals surface area contributed by atoms with Gasteiger partial charge in [0.15, 0.2) is 0 Å². The lowest BCUT2D eigenvalue weighted by Gasteiger charge is -2.03. The fourth-order valence-electron chi connectivity index (χ4n) is 1.17. The lowest BCUT2D eigenvalue weighted by atomic mass is 10.3. The topological polar surface area (TPSA) is 39.2 Å². The van der Waals surface area contributed by atoms with Gasteiger partial charge in [0.25, 0.3) is 0 Å². The van der Waals surface area contributed by atoms with Gasteiger partial charge in [0.1, 0.15) is 5.76 Å². The van der Waals surface area contributed by atoms with Gasteiger partial charge in [-0.05, 0) is 30.3 Å². The highest BCUT2D eigenvalue weighted by molar-refractivity contribution is 7.98. The average molecular weight is 240 g/mol. The van der Waals surface area contributed by atoms with Crippen LogP contribution in [0.1, 0.15) is 5.76 Å². The van der Waals surface area contributed by atoms with E-state index in [0.717, 1.165) is 27.1 Å². The van der Waals surface area contributed by atoms with Crippen molar-refractivity contribution in [3.63, 3.8) is 0 Å². The number of hydrogen-bond acceptors (Lipinski definition) is 3. The molecular weight excluding hydrogens is 230 g/mol. The predicted octanol–water partition coefficient (Wildman–Crippen LogP) is 3.81. The summed E-state index contributed by atoms with van der Waals surface area (Å²) in [6.07, 6.45) is 1.66. The number of thioether (sulfide) groups is 1. The number of furan rings is 1. The Morgan fingerprint density at radius 3 is 2.93 bits per heavy atom. The molecule has 2 aromatic rings. The molecule has 0 radical (unpaired) electrons. The van der Waals surface area contributed by atoms with E-state index in [1.807, 2.05) is 18.2 Å². The first-order valence-corrected chi connectivity index (χ1v) is 5.82. The molecule has 78 valence electrons. The zero-order chi connectivity index (χ0) is 10.7. The van der Waals surface area contributed by atoms with Gasteiger partial charge < -0.3 is 10.2 Å². The number of rotatable bonds is 3. The van der Waals surface area contributed by atoms with Crippen LogP contribution in [0.2, 0.25) is 5.02 Å². The van der Waals surface area contributed by atoms with Crippen molar-refractivity contribution >= 4 is 29.1 Å². The molecule has 0 saturated heterocycles. The minimum absolute atomic E-state index is 0.723. The van der Waals surface area contributed by atoms with E-state index in [0.29, 0.717) is 0 Å². The minimum atomic E-state index is 0.723. The van der Waals surface area contributed by atoms with Crippen molar-refractivity contribution in [3.8, 4) is 0 Å². The third kappa shape index (κ3) is 2.70. The van der Waals surface area contributed by atoms with Gasteiger partial charge in [-0.2, -0.15) is 0 Å². The van der Waals surface area contributed by atoms with Crippen molar-refractivity contribution in [2.45, 2.75) is 10.6 Å². The zero-order valence-corrected chi connectivity index (χ0v) is 9.52. The molecule has 15 heavy (non-hydrogen) atoms. The Labute approximate surface area is 97.4 Å². The Morgan fingerprint density at radius 2 is 2.20 bits per heavy atom. The van der Waals surface area contributed by atoms with E-state index >= 15 is 0 Å². The second-order valence-corrected chi connectivity index (χ2v) is 4.48. The molecule has 2 nitrogen and oxygen atoms in total. The van der Waals surface area contributed by atoms with Crippen LogP contribution in [0, 0.1) is 0 Å². The lowest BCUT2D eigenvalue weighted by Crippen LogP contribution is -1.85. The molecule has 0 aliphatic heterocycles. The number of hydrogen-bond donors (Lipinski definition) is 1. The van der Waals surface area contributed by atoms with Crippen LogP contribution < -0.4 is 5.73 Å². The standard InChI is InChI=1S/C11H10ClNOS/c12-10-4-3-8(13)6-11(10)15-7-9-2-1-5-14-9/h1-6H,7,13H2. The van der Waals surface area contributed by atoms with Gasteiger partial charge in [-0.25, -0.2) is 0 Å². The first-order valence-electron chi connectivity index (χ1n) is 4.46. The highest BCUT2D eigenvalue weighted by atomic mass is 35.5. The smallest absolute Gasteiger partial charge is 0.113 e. The van der Waals surface area contributed by atoms with Crippen LogP contribution in [0.5, 0.6) is 0 Å². The maximum absolute atomic E-state index is 6.03. The molecule has 0 amide bonds. The Bertz CT molecular complexity index is 442. The fourth-order valence-corrected chi connectivity index (χ4v) is 2.34. The summed E-state index contributed by atoms with van der Waals surface area (Å²) in [5.74, 6) is 1.69. The summed E-state index contributed by atoms with van der Waals surface area (Å²) >= 11 is 7.64. The van der Waals surface area contributed by atoms with E-state index in [-0.39, 0.29) is 0 Å². The van der Waals surface area contributed by atoms with Crippen molar-refractivity contribution in [1.29, 1.82) is 0 Å². The highest BCUT2D eigenvalue weighted by Crippen LogP contribution is 2.31. The highest BCUT2D eigenvalue weighted by Gasteiger charge is 2.03. The van der Waals surface area contributed by atoms with Crippen LogP contribution >= 0.6 is 23.4 Å². The summed E-state index contributed by atoms with van der Waals surface area (Å²) in [6, 6.07) is 9.28. The van der Waals surface area contributed by atoms with Gasteiger partial charge in [0, 0.05) is 10.6 Å². The Hall–Kier alpha value is -1.06. The molecule has 0 unspecified atom stereocenters. The Kier molecular flexibility index (Phi) is 3.23. The second-order valence-electron chi connectivity index (χ2n) is 3.06. The third-order valence-corrected chi connectivity index (χ3v) is 3.42. The van der Waals surface area contributed by atoms with E-state index < -0.39 is 0 Å². The van der Waals surface area contributed by atoms with Gasteiger partial charge >= 0.3 is 0 Å². The summed E-state index contributed by atoms with van der Waals surface area (Å²) in [5, 5.41) is 0.723. The summed E-state index contributed by atoms with van der Waals surface area (Å²) in [5.41, 5.74) is 6.40. The molecule has 2 N–H and O–H groups in total. The minimum Gasteiger partial charge on any atom is -0.468 e. The van der Waals surface area contributed by atoms with Crippen LogP contribution in [0.25, 0.3) is 0 Å². The Morgan fingerprint density at radius 1 is 1.33 bits per heavy atom. The average Bonchev–Trinajstić information content (AvgIpc) is 2.72. The van der Waals surface area contributed by atoms with Crippen LogP contribution in [0.3, 0.4) is 0 Å². The maximum atomic E-state index is 6.03. The SMILES string of the molecule is Nc1ccc(Cl)c(SCc2ccco2)c1. The molecule has 0 fully saturated rings. The van der Waals surface area contributed by atoms with Crippen molar-refractivity contribution in [1.82, 2.24) is 0 Å². The quantitative estimate of drug-likeness (QED) is 0.654. The molecule has 0 atom stereocenters. The normalized spacial score (nSPS) is 10.5. The van der Waals surface area contributed by atoms with E-state index in [2.05, 4.69) is 0 Å². The number of nitrogens with two attached hydrogens (primary N) is 1. The van der Waals surface area contributed by atoms with Crippen molar-refractivity contribution < 1.29 is 4.42 Å². The summed E-state index contributed by atoms with van der Waals surface area (Å²) in [7, 11) is 0. The molecule has 0 spiro atoms. The molecule has 0 saturated carbocycles. The summed E-state index contributed by atoms with van der Waals surface area (Å²) < 4.78 is 5.23. The first-order chi connectivity index (χ1) is 7.25. The van der Waals surface area contributed by atoms with E-state index in [4.69, 9.17) is 21.8 Å². The number of anilines is 1. The molecule has 1 aromatic heterocycles. The molecule has 0 aliphatic carbocycles. The van der Waals surface area contributed by atoms with Gasteiger partial charge in [-0.3, -0.25) is 0 Å². The molecule has 0 aliphatic rings. The third-order valence-electron chi connectivity index (χ3n) is 1.91. The van der Waals surface area contributed by atoms with E-state index in [1.54, 1.807) is 30.2 Å². The van der Waals surface area contributed by atoms with Crippen LogP contribution in [0.4, 0.5) is 5.69 Å².